The van der Waals surface area contributed by atoms with E-state index in [-0.39, 0.29) is 12.6 Å². The van der Waals surface area contributed by atoms with Crippen LogP contribution in [-0.2, 0) is 6.42 Å². The molecule has 0 aliphatic heterocycles. The highest BCUT2D eigenvalue weighted by Gasteiger charge is 2.11. The van der Waals surface area contributed by atoms with Crippen molar-refractivity contribution in [1.82, 2.24) is 9.97 Å². The molecule has 1 atom stereocenters. The Morgan fingerprint density at radius 1 is 1.38 bits per heavy atom. The number of aliphatic hydroxyl groups is 1. The second-order valence-electron chi connectivity index (χ2n) is 3.69. The van der Waals surface area contributed by atoms with E-state index in [1.165, 1.54) is 0 Å². The molecule has 0 radical (unpaired) electrons. The first-order valence-corrected chi connectivity index (χ1v) is 5.90. The predicted molar refractivity (Wildman–Crippen MR) is 65.9 cm³/mol. The van der Waals surface area contributed by atoms with E-state index in [0.717, 1.165) is 24.2 Å². The molecule has 1 aromatic heterocycles. The number of anilines is 1. The Morgan fingerprint density at radius 3 is 2.56 bits per heavy atom. The SMILES string of the molecule is CCc1nc(Cl)c(C)c(NC(CC)CO)n1. The van der Waals surface area contributed by atoms with Crippen molar-refractivity contribution in [2.24, 2.45) is 0 Å². The number of nitrogens with zero attached hydrogens (tertiary/aromatic N) is 2. The molecule has 0 saturated heterocycles. The Labute approximate surface area is 101 Å². The van der Waals surface area contributed by atoms with E-state index in [0.29, 0.717) is 11.0 Å². The van der Waals surface area contributed by atoms with E-state index < -0.39 is 0 Å². The zero-order chi connectivity index (χ0) is 12.1. The maximum atomic E-state index is 9.14. The van der Waals surface area contributed by atoms with Crippen LogP contribution in [0.15, 0.2) is 0 Å². The second kappa shape index (κ2) is 6.01. The summed E-state index contributed by atoms with van der Waals surface area (Å²) in [4.78, 5) is 8.53. The number of halogens is 1. The van der Waals surface area contributed by atoms with Crippen LogP contribution in [0, 0.1) is 6.92 Å². The number of aromatic nitrogens is 2. The van der Waals surface area contributed by atoms with Gasteiger partial charge in [-0.25, -0.2) is 9.97 Å². The van der Waals surface area contributed by atoms with E-state index in [1.807, 2.05) is 20.8 Å². The maximum Gasteiger partial charge on any atom is 0.137 e. The van der Waals surface area contributed by atoms with Crippen LogP contribution >= 0.6 is 11.6 Å². The smallest absolute Gasteiger partial charge is 0.137 e. The van der Waals surface area contributed by atoms with Crippen LogP contribution in [0.4, 0.5) is 5.82 Å². The van der Waals surface area contributed by atoms with Gasteiger partial charge in [0.15, 0.2) is 0 Å². The van der Waals surface area contributed by atoms with Crippen molar-refractivity contribution in [1.29, 1.82) is 0 Å². The van der Waals surface area contributed by atoms with Gasteiger partial charge in [0.2, 0.25) is 0 Å². The minimum Gasteiger partial charge on any atom is -0.394 e. The zero-order valence-electron chi connectivity index (χ0n) is 9.92. The van der Waals surface area contributed by atoms with E-state index in [4.69, 9.17) is 16.7 Å². The van der Waals surface area contributed by atoms with Crippen molar-refractivity contribution in [2.75, 3.05) is 11.9 Å². The summed E-state index contributed by atoms with van der Waals surface area (Å²) in [6, 6.07) is 0.00868. The lowest BCUT2D eigenvalue weighted by molar-refractivity contribution is 0.271. The summed E-state index contributed by atoms with van der Waals surface area (Å²) in [7, 11) is 0. The molecule has 0 fully saturated rings. The molecule has 1 unspecified atom stereocenters. The molecular weight excluding hydrogens is 226 g/mol. The first-order valence-electron chi connectivity index (χ1n) is 5.52. The molecule has 0 aliphatic rings. The van der Waals surface area contributed by atoms with Crippen LogP contribution in [0.1, 0.15) is 31.7 Å². The standard InChI is InChI=1S/C11H18ClN3O/c1-4-8(6-16)13-11-7(3)10(12)14-9(5-2)15-11/h8,16H,4-6H2,1-3H3,(H,13,14,15). The highest BCUT2D eigenvalue weighted by atomic mass is 35.5. The Hall–Kier alpha value is -0.870. The molecule has 2 N–H and O–H groups in total. The lowest BCUT2D eigenvalue weighted by Crippen LogP contribution is -2.24. The zero-order valence-corrected chi connectivity index (χ0v) is 10.7. The molecule has 0 saturated carbocycles. The summed E-state index contributed by atoms with van der Waals surface area (Å²) in [5.74, 6) is 1.43. The lowest BCUT2D eigenvalue weighted by atomic mass is 10.2. The third kappa shape index (κ3) is 3.06. The lowest BCUT2D eigenvalue weighted by Gasteiger charge is -2.17. The molecule has 4 nitrogen and oxygen atoms in total. The largest absolute Gasteiger partial charge is 0.394 e. The average molecular weight is 244 g/mol. The van der Waals surface area contributed by atoms with Crippen LogP contribution < -0.4 is 5.32 Å². The van der Waals surface area contributed by atoms with Gasteiger partial charge in [0.1, 0.15) is 16.8 Å². The molecule has 1 rings (SSSR count). The van der Waals surface area contributed by atoms with Gasteiger partial charge in [0.05, 0.1) is 12.6 Å². The Balaban J connectivity index is 2.97. The fraction of sp³-hybridized carbons (Fsp3) is 0.636. The van der Waals surface area contributed by atoms with Gasteiger partial charge in [-0.2, -0.15) is 0 Å². The highest BCUT2D eigenvalue weighted by molar-refractivity contribution is 6.30. The molecule has 0 aliphatic carbocycles. The monoisotopic (exact) mass is 243 g/mol. The van der Waals surface area contributed by atoms with Crippen molar-refractivity contribution < 1.29 is 5.11 Å². The molecule has 5 heteroatoms. The molecule has 0 bridgehead atoms. The summed E-state index contributed by atoms with van der Waals surface area (Å²) >= 11 is 6.01. The molecule has 90 valence electrons. The summed E-state index contributed by atoms with van der Waals surface area (Å²) < 4.78 is 0. The number of nitrogens with one attached hydrogen (secondary N) is 1. The Kier molecular flexibility index (Phi) is 4.96. The van der Waals surface area contributed by atoms with Crippen molar-refractivity contribution in [2.45, 2.75) is 39.7 Å². The number of hydrogen-bond donors (Lipinski definition) is 2. The molecule has 1 heterocycles. The van der Waals surface area contributed by atoms with Crippen LogP contribution in [-0.4, -0.2) is 27.7 Å². The van der Waals surface area contributed by atoms with Gasteiger partial charge in [-0.3, -0.25) is 0 Å². The average Bonchev–Trinajstić information content (AvgIpc) is 2.30. The molecule has 1 aromatic rings. The van der Waals surface area contributed by atoms with E-state index in [1.54, 1.807) is 0 Å². The van der Waals surface area contributed by atoms with Gasteiger partial charge in [-0.1, -0.05) is 25.4 Å². The van der Waals surface area contributed by atoms with Crippen LogP contribution in [0.3, 0.4) is 0 Å². The van der Waals surface area contributed by atoms with Crippen molar-refractivity contribution in [3.63, 3.8) is 0 Å². The van der Waals surface area contributed by atoms with Gasteiger partial charge >= 0.3 is 0 Å². The van der Waals surface area contributed by atoms with Gasteiger partial charge in [-0.15, -0.1) is 0 Å². The van der Waals surface area contributed by atoms with E-state index in [2.05, 4.69) is 15.3 Å². The molecule has 0 aromatic carbocycles. The Morgan fingerprint density at radius 2 is 2.06 bits per heavy atom. The first-order chi connectivity index (χ1) is 7.62. The minimum atomic E-state index is 0.00868. The molecule has 0 spiro atoms. The van der Waals surface area contributed by atoms with E-state index >= 15 is 0 Å². The topological polar surface area (TPSA) is 58.0 Å². The van der Waals surface area contributed by atoms with Crippen molar-refractivity contribution >= 4 is 17.4 Å². The molecular formula is C11H18ClN3O. The van der Waals surface area contributed by atoms with Gasteiger partial charge in [-0.05, 0) is 13.3 Å². The third-order valence-electron chi connectivity index (χ3n) is 2.50. The van der Waals surface area contributed by atoms with Gasteiger partial charge in [0.25, 0.3) is 0 Å². The quantitative estimate of drug-likeness (QED) is 0.779. The fourth-order valence-corrected chi connectivity index (χ4v) is 1.49. The Bertz CT molecular complexity index is 353. The highest BCUT2D eigenvalue weighted by Crippen LogP contribution is 2.21. The fourth-order valence-electron chi connectivity index (χ4n) is 1.30. The van der Waals surface area contributed by atoms with Crippen LogP contribution in [0.25, 0.3) is 0 Å². The maximum absolute atomic E-state index is 9.14. The molecule has 0 amide bonds. The first kappa shape index (κ1) is 13.2. The minimum absolute atomic E-state index is 0.00868. The van der Waals surface area contributed by atoms with Crippen molar-refractivity contribution in [3.05, 3.63) is 16.5 Å². The predicted octanol–water partition coefficient (Wildman–Crippen LogP) is 2.18. The van der Waals surface area contributed by atoms with Gasteiger partial charge < -0.3 is 10.4 Å². The second-order valence-corrected chi connectivity index (χ2v) is 4.05. The van der Waals surface area contributed by atoms with E-state index in [9.17, 15) is 0 Å². The number of aryl methyl sites for hydroxylation is 1. The van der Waals surface area contributed by atoms with Crippen LogP contribution in [0.5, 0.6) is 0 Å². The van der Waals surface area contributed by atoms with Gasteiger partial charge in [0, 0.05) is 12.0 Å². The summed E-state index contributed by atoms with van der Waals surface area (Å²) in [5, 5.41) is 12.8. The van der Waals surface area contributed by atoms with Crippen molar-refractivity contribution in [3.8, 4) is 0 Å². The number of rotatable bonds is 5. The van der Waals surface area contributed by atoms with Crippen LogP contribution in [0.2, 0.25) is 5.15 Å². The number of aliphatic hydroxyl groups excluding tert-OH is 1. The summed E-state index contributed by atoms with van der Waals surface area (Å²) in [6.07, 6.45) is 1.57. The third-order valence-corrected chi connectivity index (χ3v) is 2.87. The molecule has 16 heavy (non-hydrogen) atoms. The summed E-state index contributed by atoms with van der Waals surface area (Å²) in [5.41, 5.74) is 0.825. The number of hydrogen-bond acceptors (Lipinski definition) is 4. The summed E-state index contributed by atoms with van der Waals surface area (Å²) in [6.45, 7) is 5.94. The normalized spacial score (nSPS) is 12.6.